The van der Waals surface area contributed by atoms with Crippen molar-refractivity contribution in [2.75, 3.05) is 19.0 Å². The van der Waals surface area contributed by atoms with Crippen molar-refractivity contribution in [3.05, 3.63) is 0 Å². The molecule has 1 aliphatic heterocycles. The molecule has 1 spiro atoms. The van der Waals surface area contributed by atoms with Crippen LogP contribution in [0.25, 0.3) is 0 Å². The first kappa shape index (κ1) is 12.2. The van der Waals surface area contributed by atoms with E-state index in [1.165, 1.54) is 0 Å². The largest absolute Gasteiger partial charge is 0.386 e. The van der Waals surface area contributed by atoms with E-state index in [4.69, 9.17) is 17.3 Å². The summed E-state index contributed by atoms with van der Waals surface area (Å²) in [7, 11) is 0. The van der Waals surface area contributed by atoms with E-state index in [0.717, 1.165) is 6.42 Å². The minimum absolute atomic E-state index is 0.0741. The summed E-state index contributed by atoms with van der Waals surface area (Å²) in [6.45, 7) is 0.610. The zero-order chi connectivity index (χ0) is 12.5. The lowest BCUT2D eigenvalue weighted by Crippen LogP contribution is -2.59. The topological polar surface area (TPSA) is 96.6 Å². The summed E-state index contributed by atoms with van der Waals surface area (Å²) in [4.78, 5) is 27.0. The average molecular weight is 259 g/mol. The van der Waals surface area contributed by atoms with Gasteiger partial charge < -0.3 is 16.4 Å². The minimum Gasteiger partial charge on any atom is -0.386 e. The molecule has 2 atom stereocenters. The number of nitrogens with one attached hydrogen (secondary N) is 2. The molecular weight excluding hydrogens is 244 g/mol. The van der Waals surface area contributed by atoms with Crippen LogP contribution in [0.3, 0.4) is 0 Å². The normalized spacial score (nSPS) is 32.3. The molecule has 94 valence electrons. The SMILES string of the molecule is NC(CCl)=NCC[C@@H]1CC12NC(=O)CNC2=O. The van der Waals surface area contributed by atoms with Crippen molar-refractivity contribution in [3.63, 3.8) is 0 Å². The van der Waals surface area contributed by atoms with Crippen molar-refractivity contribution in [2.45, 2.75) is 18.4 Å². The Morgan fingerprint density at radius 2 is 2.35 bits per heavy atom. The van der Waals surface area contributed by atoms with Gasteiger partial charge in [0.05, 0.1) is 12.4 Å². The Kier molecular flexibility index (Phi) is 3.24. The summed E-state index contributed by atoms with van der Waals surface area (Å²) >= 11 is 5.49. The van der Waals surface area contributed by atoms with Gasteiger partial charge in [-0.05, 0) is 18.8 Å². The van der Waals surface area contributed by atoms with Crippen LogP contribution in [0.5, 0.6) is 0 Å². The highest BCUT2D eigenvalue weighted by atomic mass is 35.5. The van der Waals surface area contributed by atoms with E-state index < -0.39 is 5.54 Å². The van der Waals surface area contributed by atoms with Crippen molar-refractivity contribution in [3.8, 4) is 0 Å². The molecule has 4 N–H and O–H groups in total. The smallest absolute Gasteiger partial charge is 0.246 e. The molecule has 2 aliphatic rings. The zero-order valence-corrected chi connectivity index (χ0v) is 10.1. The van der Waals surface area contributed by atoms with Gasteiger partial charge in [-0.3, -0.25) is 14.6 Å². The molecule has 0 aromatic rings. The lowest BCUT2D eigenvalue weighted by Gasteiger charge is -2.24. The molecular formula is C10H15ClN4O2. The summed E-state index contributed by atoms with van der Waals surface area (Å²) in [6.07, 6.45) is 1.41. The fourth-order valence-electron chi connectivity index (χ4n) is 2.18. The van der Waals surface area contributed by atoms with E-state index in [1.54, 1.807) is 0 Å². The third-order valence-corrected chi connectivity index (χ3v) is 3.49. The fourth-order valence-corrected chi connectivity index (χ4v) is 2.27. The van der Waals surface area contributed by atoms with E-state index in [9.17, 15) is 9.59 Å². The van der Waals surface area contributed by atoms with Crippen LogP contribution < -0.4 is 16.4 Å². The van der Waals surface area contributed by atoms with Gasteiger partial charge in [0.1, 0.15) is 11.4 Å². The summed E-state index contributed by atoms with van der Waals surface area (Å²) in [5.74, 6) is 0.553. The number of nitrogens with zero attached hydrogens (tertiary/aromatic N) is 1. The lowest BCUT2D eigenvalue weighted by molar-refractivity contribution is -0.135. The Labute approximate surface area is 104 Å². The molecule has 2 fully saturated rings. The number of carbonyl (C=O) groups excluding carboxylic acids is 2. The second-order valence-corrected chi connectivity index (χ2v) is 4.67. The van der Waals surface area contributed by atoms with Gasteiger partial charge in [0.15, 0.2) is 0 Å². The van der Waals surface area contributed by atoms with Crippen LogP contribution in [0.15, 0.2) is 4.99 Å². The number of hydrogen-bond donors (Lipinski definition) is 3. The number of nitrogens with two attached hydrogens (primary N) is 1. The Balaban J connectivity index is 1.86. The second kappa shape index (κ2) is 4.52. The highest BCUT2D eigenvalue weighted by molar-refractivity contribution is 6.27. The lowest BCUT2D eigenvalue weighted by atomic mass is 10.1. The summed E-state index contributed by atoms with van der Waals surface area (Å²) in [5, 5.41) is 5.35. The summed E-state index contributed by atoms with van der Waals surface area (Å²) < 4.78 is 0. The van der Waals surface area contributed by atoms with Gasteiger partial charge in [-0.25, -0.2) is 0 Å². The van der Waals surface area contributed by atoms with E-state index in [0.29, 0.717) is 18.8 Å². The van der Waals surface area contributed by atoms with Gasteiger partial charge >= 0.3 is 0 Å². The number of halogens is 1. The first-order valence-corrected chi connectivity index (χ1v) is 6.06. The Hall–Kier alpha value is -1.30. The third-order valence-electron chi connectivity index (χ3n) is 3.21. The number of amidine groups is 1. The number of piperazine rings is 1. The number of amides is 2. The van der Waals surface area contributed by atoms with E-state index in [1.807, 2.05) is 0 Å². The Morgan fingerprint density at radius 1 is 1.59 bits per heavy atom. The molecule has 1 unspecified atom stereocenters. The van der Waals surface area contributed by atoms with Gasteiger partial charge in [0, 0.05) is 6.54 Å². The Morgan fingerprint density at radius 3 is 3.06 bits per heavy atom. The average Bonchev–Trinajstić information content (AvgIpc) is 2.98. The number of alkyl halides is 1. The molecule has 0 bridgehead atoms. The van der Waals surface area contributed by atoms with Gasteiger partial charge in [-0.1, -0.05) is 0 Å². The van der Waals surface area contributed by atoms with E-state index in [2.05, 4.69) is 15.6 Å². The maximum atomic E-state index is 11.7. The molecule has 0 aromatic carbocycles. The van der Waals surface area contributed by atoms with Crippen molar-refractivity contribution < 1.29 is 9.59 Å². The highest BCUT2D eigenvalue weighted by Gasteiger charge is 2.61. The molecule has 6 nitrogen and oxygen atoms in total. The van der Waals surface area contributed by atoms with Gasteiger partial charge in [0.25, 0.3) is 0 Å². The summed E-state index contributed by atoms with van der Waals surface area (Å²) in [5.41, 5.74) is 4.79. The van der Waals surface area contributed by atoms with Gasteiger partial charge in [-0.15, -0.1) is 11.6 Å². The third kappa shape index (κ3) is 2.36. The standard InChI is InChI=1S/C10H15ClN4O2/c11-4-7(12)13-2-1-6-3-10(6)9(17)14-5-8(16)15-10/h6H,1-5H2,(H2,12,13)(H,14,17)(H,15,16)/t6-,10?/m1/s1. The van der Waals surface area contributed by atoms with Crippen molar-refractivity contribution in [2.24, 2.45) is 16.6 Å². The van der Waals surface area contributed by atoms with E-state index >= 15 is 0 Å². The van der Waals surface area contributed by atoms with E-state index in [-0.39, 0.29) is 30.2 Å². The van der Waals surface area contributed by atoms with Crippen LogP contribution >= 0.6 is 11.6 Å². The number of hydrogen-bond acceptors (Lipinski definition) is 3. The van der Waals surface area contributed by atoms with Crippen LogP contribution in [0.4, 0.5) is 0 Å². The maximum Gasteiger partial charge on any atom is 0.246 e. The van der Waals surface area contributed by atoms with Crippen molar-refractivity contribution in [1.29, 1.82) is 0 Å². The number of rotatable bonds is 4. The van der Waals surface area contributed by atoms with Crippen molar-refractivity contribution in [1.82, 2.24) is 10.6 Å². The maximum absolute atomic E-state index is 11.7. The first-order valence-electron chi connectivity index (χ1n) is 5.52. The molecule has 1 heterocycles. The van der Waals surface area contributed by atoms with Crippen LogP contribution in [-0.4, -0.2) is 42.2 Å². The number of carbonyl (C=O) groups is 2. The molecule has 0 aromatic heterocycles. The second-order valence-electron chi connectivity index (χ2n) is 4.40. The molecule has 17 heavy (non-hydrogen) atoms. The molecule has 1 saturated heterocycles. The van der Waals surface area contributed by atoms with Crippen LogP contribution in [0, 0.1) is 5.92 Å². The highest BCUT2D eigenvalue weighted by Crippen LogP contribution is 2.46. The monoisotopic (exact) mass is 258 g/mol. The number of aliphatic imine (C=N–C) groups is 1. The van der Waals surface area contributed by atoms with Crippen molar-refractivity contribution >= 4 is 29.3 Å². The van der Waals surface area contributed by atoms with Gasteiger partial charge in [0.2, 0.25) is 11.8 Å². The quantitative estimate of drug-likeness (QED) is 0.342. The molecule has 7 heteroatoms. The molecule has 2 amide bonds. The molecule has 1 aliphatic carbocycles. The molecule has 2 rings (SSSR count). The predicted molar refractivity (Wildman–Crippen MR) is 63.8 cm³/mol. The Bertz CT molecular complexity index is 385. The minimum atomic E-state index is -0.680. The first-order chi connectivity index (χ1) is 8.08. The molecule has 1 saturated carbocycles. The van der Waals surface area contributed by atoms with Gasteiger partial charge in [-0.2, -0.15) is 0 Å². The van der Waals surface area contributed by atoms with Crippen LogP contribution in [-0.2, 0) is 9.59 Å². The van der Waals surface area contributed by atoms with Crippen LogP contribution in [0.1, 0.15) is 12.8 Å². The summed E-state index contributed by atoms with van der Waals surface area (Å²) in [6, 6.07) is 0. The fraction of sp³-hybridized carbons (Fsp3) is 0.700. The zero-order valence-electron chi connectivity index (χ0n) is 9.33. The van der Waals surface area contributed by atoms with Crippen LogP contribution in [0.2, 0.25) is 0 Å². The predicted octanol–water partition coefficient (Wildman–Crippen LogP) is -1.02. The molecule has 0 radical (unpaired) electrons.